The Kier molecular flexibility index (Phi) is 3.94. The Labute approximate surface area is 81.2 Å². The highest BCUT2D eigenvalue weighted by Gasteiger charge is 2.20. The smallest absolute Gasteiger partial charge is 0.0299 e. The quantitative estimate of drug-likeness (QED) is 0.637. The lowest BCUT2D eigenvalue weighted by molar-refractivity contribution is 0.418. The lowest BCUT2D eigenvalue weighted by atomic mass is 9.79. The monoisotopic (exact) mass is 177 g/mol. The van der Waals surface area contributed by atoms with E-state index in [4.69, 9.17) is 0 Å². The van der Waals surface area contributed by atoms with Gasteiger partial charge in [0.05, 0.1) is 0 Å². The normalized spacial score (nSPS) is 15.6. The summed E-state index contributed by atoms with van der Waals surface area (Å²) in [5.41, 5.74) is 2.88. The van der Waals surface area contributed by atoms with Crippen LogP contribution in [-0.2, 0) is 0 Å². The van der Waals surface area contributed by atoms with Gasteiger partial charge in [0.15, 0.2) is 0 Å². The fraction of sp³-hybridized carbons (Fsp3) is 0.583. The minimum atomic E-state index is 0.845. The first-order valence-corrected chi connectivity index (χ1v) is 5.28. The summed E-state index contributed by atoms with van der Waals surface area (Å²) < 4.78 is 0. The molecule has 1 nitrogen and oxygen atoms in total. The lowest BCUT2D eigenvalue weighted by Crippen LogP contribution is -2.10. The molecule has 0 aromatic carbocycles. The third-order valence-corrected chi connectivity index (χ3v) is 2.61. The molecule has 1 saturated carbocycles. The zero-order valence-electron chi connectivity index (χ0n) is 8.88. The molecule has 1 heterocycles. The molecular weight excluding hydrogens is 158 g/mol. The Hall–Kier alpha value is -0.850. The van der Waals surface area contributed by atoms with Crippen LogP contribution in [-0.4, -0.2) is 4.98 Å². The molecule has 1 aromatic rings. The molecule has 1 fully saturated rings. The van der Waals surface area contributed by atoms with Crippen molar-refractivity contribution >= 4 is 0 Å². The molecule has 0 saturated heterocycles. The predicted molar refractivity (Wildman–Crippen MR) is 56.9 cm³/mol. The van der Waals surface area contributed by atoms with Gasteiger partial charge in [-0.3, -0.25) is 4.98 Å². The maximum absolute atomic E-state index is 4.09. The molecule has 72 valence electrons. The Bertz CT molecular complexity index is 251. The van der Waals surface area contributed by atoms with Crippen molar-refractivity contribution in [2.24, 2.45) is 0 Å². The second kappa shape index (κ2) is 5.00. The summed E-state index contributed by atoms with van der Waals surface area (Å²) in [6, 6.07) is 2.17. The van der Waals surface area contributed by atoms with E-state index in [2.05, 4.69) is 18.0 Å². The molecule has 0 unspecified atom stereocenters. The third-order valence-electron chi connectivity index (χ3n) is 2.61. The van der Waals surface area contributed by atoms with Crippen LogP contribution in [0.3, 0.4) is 0 Å². The van der Waals surface area contributed by atoms with Gasteiger partial charge in [-0.1, -0.05) is 20.3 Å². The molecule has 1 aliphatic rings. The first-order valence-electron chi connectivity index (χ1n) is 5.28. The van der Waals surface area contributed by atoms with Crippen molar-refractivity contribution in [1.82, 2.24) is 4.98 Å². The second-order valence-corrected chi connectivity index (χ2v) is 3.36. The number of pyridine rings is 1. The summed E-state index contributed by atoms with van der Waals surface area (Å²) >= 11 is 0. The summed E-state index contributed by atoms with van der Waals surface area (Å²) in [5, 5.41) is 0. The van der Waals surface area contributed by atoms with Gasteiger partial charge in [-0.2, -0.15) is 0 Å². The first-order chi connectivity index (χ1) is 6.38. The van der Waals surface area contributed by atoms with Crippen LogP contribution in [0.25, 0.3) is 0 Å². The molecular formula is C12H19N. The third kappa shape index (κ3) is 2.30. The van der Waals surface area contributed by atoms with Crippen LogP contribution >= 0.6 is 0 Å². The van der Waals surface area contributed by atoms with E-state index in [0.717, 1.165) is 5.92 Å². The second-order valence-electron chi connectivity index (χ2n) is 3.36. The molecule has 1 aromatic heterocycles. The van der Waals surface area contributed by atoms with Crippen molar-refractivity contribution in [3.05, 3.63) is 29.6 Å². The van der Waals surface area contributed by atoms with Gasteiger partial charge < -0.3 is 0 Å². The van der Waals surface area contributed by atoms with E-state index >= 15 is 0 Å². The zero-order valence-corrected chi connectivity index (χ0v) is 8.88. The Morgan fingerprint density at radius 2 is 2.00 bits per heavy atom. The minimum Gasteiger partial charge on any atom is -0.264 e. The van der Waals surface area contributed by atoms with E-state index < -0.39 is 0 Å². The van der Waals surface area contributed by atoms with Crippen molar-refractivity contribution < 1.29 is 0 Å². The lowest BCUT2D eigenvalue weighted by Gasteiger charge is -2.26. The van der Waals surface area contributed by atoms with E-state index in [1.165, 1.54) is 30.4 Å². The van der Waals surface area contributed by atoms with E-state index in [1.54, 1.807) is 0 Å². The van der Waals surface area contributed by atoms with Gasteiger partial charge in [0, 0.05) is 12.4 Å². The molecule has 2 rings (SSSR count). The highest BCUT2D eigenvalue weighted by molar-refractivity contribution is 5.27. The molecule has 1 heteroatoms. The highest BCUT2D eigenvalue weighted by Crippen LogP contribution is 2.37. The van der Waals surface area contributed by atoms with Crippen molar-refractivity contribution in [2.75, 3.05) is 0 Å². The fourth-order valence-corrected chi connectivity index (χ4v) is 1.66. The van der Waals surface area contributed by atoms with Crippen LogP contribution in [0.1, 0.15) is 50.2 Å². The van der Waals surface area contributed by atoms with Gasteiger partial charge in [-0.25, -0.2) is 0 Å². The van der Waals surface area contributed by atoms with Crippen LogP contribution in [0.15, 0.2) is 18.5 Å². The van der Waals surface area contributed by atoms with Crippen LogP contribution in [0, 0.1) is 6.92 Å². The molecule has 0 bridgehead atoms. The number of rotatable bonds is 1. The van der Waals surface area contributed by atoms with Crippen LogP contribution in [0.5, 0.6) is 0 Å². The molecule has 0 amide bonds. The van der Waals surface area contributed by atoms with Gasteiger partial charge >= 0.3 is 0 Å². The number of hydrogen-bond acceptors (Lipinski definition) is 1. The fourth-order valence-electron chi connectivity index (χ4n) is 1.66. The van der Waals surface area contributed by atoms with Crippen LogP contribution in [0.2, 0.25) is 0 Å². The molecule has 0 spiro atoms. The highest BCUT2D eigenvalue weighted by atomic mass is 14.6. The van der Waals surface area contributed by atoms with E-state index in [0.29, 0.717) is 0 Å². The number of aryl methyl sites for hydroxylation is 1. The maximum Gasteiger partial charge on any atom is 0.0299 e. The van der Waals surface area contributed by atoms with E-state index in [1.807, 2.05) is 26.2 Å². The van der Waals surface area contributed by atoms with Crippen LogP contribution in [0.4, 0.5) is 0 Å². The zero-order chi connectivity index (χ0) is 9.68. The molecule has 0 aliphatic heterocycles. The molecule has 0 N–H and O–H groups in total. The van der Waals surface area contributed by atoms with Crippen molar-refractivity contribution in [1.29, 1.82) is 0 Å². The van der Waals surface area contributed by atoms with Gasteiger partial charge in [0.25, 0.3) is 0 Å². The SMILES string of the molecule is CC.Cc1cnccc1C1CCC1. The number of aromatic nitrogens is 1. The summed E-state index contributed by atoms with van der Waals surface area (Å²) in [6.45, 7) is 6.15. The molecule has 0 radical (unpaired) electrons. The maximum atomic E-state index is 4.09. The van der Waals surface area contributed by atoms with Gasteiger partial charge in [0.2, 0.25) is 0 Å². The Balaban J connectivity index is 0.000000396. The minimum absolute atomic E-state index is 0.845. The predicted octanol–water partition coefficient (Wildman–Crippen LogP) is 3.68. The van der Waals surface area contributed by atoms with Crippen LogP contribution < -0.4 is 0 Å². The Morgan fingerprint density at radius 3 is 2.46 bits per heavy atom. The average molecular weight is 177 g/mol. The van der Waals surface area contributed by atoms with E-state index in [9.17, 15) is 0 Å². The molecule has 0 atom stereocenters. The number of hydrogen-bond donors (Lipinski definition) is 0. The molecule has 1 aliphatic carbocycles. The standard InChI is InChI=1S/C10H13N.C2H6/c1-8-7-11-6-5-10(8)9-3-2-4-9;1-2/h5-7,9H,2-4H2,1H3;1-2H3. The van der Waals surface area contributed by atoms with Gasteiger partial charge in [0.1, 0.15) is 0 Å². The summed E-state index contributed by atoms with van der Waals surface area (Å²) in [5.74, 6) is 0.845. The van der Waals surface area contributed by atoms with Crippen molar-refractivity contribution in [3.8, 4) is 0 Å². The average Bonchev–Trinajstić information content (AvgIpc) is 2.09. The largest absolute Gasteiger partial charge is 0.264 e. The number of nitrogens with zero attached hydrogens (tertiary/aromatic N) is 1. The summed E-state index contributed by atoms with van der Waals surface area (Å²) in [6.07, 6.45) is 8.04. The first kappa shape index (κ1) is 10.2. The Morgan fingerprint density at radius 1 is 1.31 bits per heavy atom. The topological polar surface area (TPSA) is 12.9 Å². The van der Waals surface area contributed by atoms with E-state index in [-0.39, 0.29) is 0 Å². The van der Waals surface area contributed by atoms with Crippen molar-refractivity contribution in [2.45, 2.75) is 46.0 Å². The van der Waals surface area contributed by atoms with Crippen molar-refractivity contribution in [3.63, 3.8) is 0 Å². The summed E-state index contributed by atoms with van der Waals surface area (Å²) in [7, 11) is 0. The van der Waals surface area contributed by atoms with Gasteiger partial charge in [-0.05, 0) is 42.9 Å². The summed E-state index contributed by atoms with van der Waals surface area (Å²) in [4.78, 5) is 4.09. The van der Waals surface area contributed by atoms with Gasteiger partial charge in [-0.15, -0.1) is 0 Å². The molecule has 13 heavy (non-hydrogen) atoms.